The molecule has 0 aliphatic carbocycles. The Morgan fingerprint density at radius 2 is 1.84 bits per heavy atom. The van der Waals surface area contributed by atoms with E-state index in [0.717, 1.165) is 31.2 Å². The van der Waals surface area contributed by atoms with Crippen LogP contribution in [0.3, 0.4) is 0 Å². The minimum absolute atomic E-state index is 0.00142. The molecule has 3 rings (SSSR count). The fraction of sp³-hybridized carbons (Fsp3) is 0.611. The molecule has 1 atom stereocenters. The highest BCUT2D eigenvalue weighted by atomic mass is 32.2. The fourth-order valence-electron chi connectivity index (χ4n) is 3.39. The minimum atomic E-state index is -3.50. The predicted molar refractivity (Wildman–Crippen MR) is 94.7 cm³/mol. The molecule has 0 aromatic heterocycles. The molecule has 2 heterocycles. The van der Waals surface area contributed by atoms with Gasteiger partial charge in [0.2, 0.25) is 10.0 Å². The highest BCUT2D eigenvalue weighted by Gasteiger charge is 2.33. The van der Waals surface area contributed by atoms with Crippen LogP contribution in [0.15, 0.2) is 29.2 Å². The summed E-state index contributed by atoms with van der Waals surface area (Å²) in [6, 6.07) is 7.13. The van der Waals surface area contributed by atoms with Gasteiger partial charge in [-0.1, -0.05) is 25.5 Å². The van der Waals surface area contributed by atoms with Crippen LogP contribution in [0, 0.1) is 0 Å². The molecule has 7 heteroatoms. The fourth-order valence-corrected chi connectivity index (χ4v) is 4.81. The van der Waals surface area contributed by atoms with E-state index in [1.807, 2.05) is 12.1 Å². The van der Waals surface area contributed by atoms with Crippen molar-refractivity contribution < 1.29 is 17.9 Å². The van der Waals surface area contributed by atoms with Crippen molar-refractivity contribution in [3.8, 4) is 0 Å². The van der Waals surface area contributed by atoms with E-state index in [2.05, 4.69) is 6.92 Å². The normalized spacial score (nSPS) is 22.3. The van der Waals surface area contributed by atoms with Gasteiger partial charge in [-0.15, -0.1) is 0 Å². The lowest BCUT2D eigenvalue weighted by Gasteiger charge is -2.35. The smallest absolute Gasteiger partial charge is 0.251 e. The van der Waals surface area contributed by atoms with E-state index in [0.29, 0.717) is 37.7 Å². The zero-order valence-corrected chi connectivity index (χ0v) is 15.5. The molecule has 138 valence electrons. The van der Waals surface area contributed by atoms with Crippen LogP contribution in [0.4, 0.5) is 0 Å². The molecule has 0 spiro atoms. The molecule has 1 aromatic rings. The van der Waals surface area contributed by atoms with Gasteiger partial charge in [0.1, 0.15) is 6.10 Å². The van der Waals surface area contributed by atoms with Crippen molar-refractivity contribution >= 4 is 15.9 Å². The molecule has 0 radical (unpaired) electrons. The number of carbonyl (C=O) groups is 1. The van der Waals surface area contributed by atoms with Crippen molar-refractivity contribution in [1.82, 2.24) is 9.21 Å². The van der Waals surface area contributed by atoms with Gasteiger partial charge in [0, 0.05) is 32.8 Å². The average Bonchev–Trinajstić information content (AvgIpc) is 3.17. The molecule has 0 bridgehead atoms. The number of nitrogens with zero attached hydrogens (tertiary/aromatic N) is 2. The van der Waals surface area contributed by atoms with Crippen LogP contribution in [0.5, 0.6) is 0 Å². The molecule has 2 saturated heterocycles. The molecule has 0 unspecified atom stereocenters. The van der Waals surface area contributed by atoms with Gasteiger partial charge in [0.15, 0.2) is 0 Å². The van der Waals surface area contributed by atoms with Gasteiger partial charge in [-0.2, -0.15) is 4.31 Å². The topological polar surface area (TPSA) is 66.9 Å². The summed E-state index contributed by atoms with van der Waals surface area (Å²) in [4.78, 5) is 14.4. The van der Waals surface area contributed by atoms with E-state index in [4.69, 9.17) is 4.74 Å². The first-order chi connectivity index (χ1) is 12.0. The van der Waals surface area contributed by atoms with E-state index < -0.39 is 10.0 Å². The summed E-state index contributed by atoms with van der Waals surface area (Å²) in [5, 5.41) is 0. The summed E-state index contributed by atoms with van der Waals surface area (Å²) in [5.74, 6) is -0.00142. The lowest BCUT2D eigenvalue weighted by molar-refractivity contribution is -0.142. The summed E-state index contributed by atoms with van der Waals surface area (Å²) in [6.07, 6.45) is 3.33. The number of sulfonamides is 1. The number of amides is 1. The standard InChI is InChI=1S/C18H26N2O4S/c1-2-4-15-6-8-16(9-7-15)25(22,23)20-12-10-19(11-13-20)18(21)17-5-3-14-24-17/h6-9,17H,2-5,10-14H2,1H3/t17-/m1/s1. The largest absolute Gasteiger partial charge is 0.368 e. The van der Waals surface area contributed by atoms with Crippen molar-refractivity contribution in [2.45, 2.75) is 43.6 Å². The Hall–Kier alpha value is -1.44. The molecule has 2 fully saturated rings. The number of aryl methyl sites for hydroxylation is 1. The van der Waals surface area contributed by atoms with Crippen LogP contribution < -0.4 is 0 Å². The maximum Gasteiger partial charge on any atom is 0.251 e. The van der Waals surface area contributed by atoms with Gasteiger partial charge < -0.3 is 9.64 Å². The van der Waals surface area contributed by atoms with E-state index in [-0.39, 0.29) is 12.0 Å². The number of benzene rings is 1. The zero-order valence-electron chi connectivity index (χ0n) is 14.7. The number of hydrogen-bond donors (Lipinski definition) is 0. The minimum Gasteiger partial charge on any atom is -0.368 e. The van der Waals surface area contributed by atoms with Gasteiger partial charge in [-0.3, -0.25) is 4.79 Å². The van der Waals surface area contributed by atoms with Crippen LogP contribution in [-0.2, 0) is 26.0 Å². The van der Waals surface area contributed by atoms with Gasteiger partial charge in [0.25, 0.3) is 5.91 Å². The Balaban J connectivity index is 1.61. The van der Waals surface area contributed by atoms with Crippen molar-refractivity contribution in [3.05, 3.63) is 29.8 Å². The summed E-state index contributed by atoms with van der Waals surface area (Å²) in [7, 11) is -3.50. The molecule has 0 saturated carbocycles. The average molecular weight is 366 g/mol. The van der Waals surface area contributed by atoms with Crippen LogP contribution in [0.2, 0.25) is 0 Å². The molecule has 1 aromatic carbocycles. The Morgan fingerprint density at radius 3 is 2.40 bits per heavy atom. The summed E-state index contributed by atoms with van der Waals surface area (Å²) in [5.41, 5.74) is 1.15. The lowest BCUT2D eigenvalue weighted by atomic mass is 10.1. The van der Waals surface area contributed by atoms with E-state index in [1.165, 1.54) is 4.31 Å². The summed E-state index contributed by atoms with van der Waals surface area (Å²) < 4.78 is 32.5. The van der Waals surface area contributed by atoms with Crippen molar-refractivity contribution in [1.29, 1.82) is 0 Å². The highest BCUT2D eigenvalue weighted by Crippen LogP contribution is 2.20. The maximum atomic E-state index is 12.8. The molecule has 1 amide bonds. The molecule has 2 aliphatic rings. The maximum absolute atomic E-state index is 12.8. The first-order valence-electron chi connectivity index (χ1n) is 9.02. The third-order valence-electron chi connectivity index (χ3n) is 4.86. The van der Waals surface area contributed by atoms with E-state index in [9.17, 15) is 13.2 Å². The third kappa shape index (κ3) is 4.04. The Morgan fingerprint density at radius 1 is 1.16 bits per heavy atom. The Bertz CT molecular complexity index is 688. The predicted octanol–water partition coefficient (Wildman–Crippen LogP) is 1.65. The van der Waals surface area contributed by atoms with Crippen LogP contribution in [0.25, 0.3) is 0 Å². The van der Waals surface area contributed by atoms with Gasteiger partial charge in [-0.25, -0.2) is 8.42 Å². The quantitative estimate of drug-likeness (QED) is 0.795. The number of carbonyl (C=O) groups excluding carboxylic acids is 1. The lowest BCUT2D eigenvalue weighted by Crippen LogP contribution is -2.52. The van der Waals surface area contributed by atoms with Crippen molar-refractivity contribution in [3.63, 3.8) is 0 Å². The molecular formula is C18H26N2O4S. The number of rotatable bonds is 5. The van der Waals surface area contributed by atoms with Crippen molar-refractivity contribution in [2.24, 2.45) is 0 Å². The Kier molecular flexibility index (Phi) is 5.76. The van der Waals surface area contributed by atoms with Crippen LogP contribution in [-0.4, -0.2) is 62.4 Å². The molecule has 2 aliphatic heterocycles. The third-order valence-corrected chi connectivity index (χ3v) is 6.77. The molecular weight excluding hydrogens is 340 g/mol. The molecule has 6 nitrogen and oxygen atoms in total. The first kappa shape index (κ1) is 18.4. The monoisotopic (exact) mass is 366 g/mol. The summed E-state index contributed by atoms with van der Waals surface area (Å²) in [6.45, 7) is 4.24. The van der Waals surface area contributed by atoms with Gasteiger partial charge in [0.05, 0.1) is 4.90 Å². The number of hydrogen-bond acceptors (Lipinski definition) is 4. The second-order valence-electron chi connectivity index (χ2n) is 6.62. The Labute approximate surface area is 149 Å². The second kappa shape index (κ2) is 7.85. The van der Waals surface area contributed by atoms with Crippen molar-refractivity contribution in [2.75, 3.05) is 32.8 Å². The SMILES string of the molecule is CCCc1ccc(S(=O)(=O)N2CCN(C(=O)[C@H]3CCCO3)CC2)cc1. The van der Waals surface area contributed by atoms with Gasteiger partial charge in [-0.05, 0) is 37.0 Å². The first-order valence-corrected chi connectivity index (χ1v) is 10.5. The van der Waals surface area contributed by atoms with Crippen LogP contribution >= 0.6 is 0 Å². The summed E-state index contributed by atoms with van der Waals surface area (Å²) >= 11 is 0. The second-order valence-corrected chi connectivity index (χ2v) is 8.56. The highest BCUT2D eigenvalue weighted by molar-refractivity contribution is 7.89. The van der Waals surface area contributed by atoms with Gasteiger partial charge >= 0.3 is 0 Å². The number of ether oxygens (including phenoxy) is 1. The molecule has 25 heavy (non-hydrogen) atoms. The van der Waals surface area contributed by atoms with E-state index in [1.54, 1.807) is 17.0 Å². The number of piperazine rings is 1. The molecule has 0 N–H and O–H groups in total. The van der Waals surface area contributed by atoms with E-state index >= 15 is 0 Å². The zero-order chi connectivity index (χ0) is 17.9. The van der Waals surface area contributed by atoms with Crippen LogP contribution in [0.1, 0.15) is 31.7 Å².